The molecule has 9 nitrogen and oxygen atoms in total. The van der Waals surface area contributed by atoms with Gasteiger partial charge in [-0.25, -0.2) is 0 Å². The van der Waals surface area contributed by atoms with Crippen molar-refractivity contribution in [2.24, 2.45) is 0 Å². The van der Waals surface area contributed by atoms with E-state index in [-0.39, 0.29) is 11.4 Å². The summed E-state index contributed by atoms with van der Waals surface area (Å²) in [5, 5.41) is 49.2. The third-order valence-corrected chi connectivity index (χ3v) is 3.03. The van der Waals surface area contributed by atoms with E-state index in [0.717, 1.165) is 18.3 Å². The summed E-state index contributed by atoms with van der Waals surface area (Å²) in [5.74, 6) is 0. The zero-order valence-corrected chi connectivity index (χ0v) is 9.58. The normalized spacial score (nSPS) is 34.4. The van der Waals surface area contributed by atoms with Crippen molar-refractivity contribution in [2.75, 3.05) is 6.61 Å². The Labute approximate surface area is 106 Å². The minimum Gasteiger partial charge on any atom is -0.394 e. The molecule has 0 unspecified atom stereocenters. The summed E-state index contributed by atoms with van der Waals surface area (Å²) in [7, 11) is 0. The molecule has 1 aliphatic rings. The van der Waals surface area contributed by atoms with Gasteiger partial charge in [0.2, 0.25) is 0 Å². The smallest absolute Gasteiger partial charge is 0.287 e. The molecule has 1 saturated heterocycles. The zero-order chi connectivity index (χ0) is 14.2. The molecule has 4 atom stereocenters. The van der Waals surface area contributed by atoms with E-state index in [0.29, 0.717) is 0 Å². The van der Waals surface area contributed by atoms with Crippen LogP contribution >= 0.6 is 0 Å². The number of nitrogens with zero attached hydrogens (tertiary/aromatic N) is 2. The molecule has 1 aliphatic heterocycles. The van der Waals surface area contributed by atoms with Crippen molar-refractivity contribution >= 4 is 5.69 Å². The van der Waals surface area contributed by atoms with Crippen molar-refractivity contribution in [2.45, 2.75) is 24.1 Å². The highest BCUT2D eigenvalue weighted by Crippen LogP contribution is 2.37. The monoisotopic (exact) mass is 272 g/mol. The molecule has 2 rings (SSSR count). The molecule has 1 aromatic heterocycles. The van der Waals surface area contributed by atoms with E-state index in [2.05, 4.69) is 4.98 Å². The minimum absolute atomic E-state index is 0.186. The van der Waals surface area contributed by atoms with Crippen molar-refractivity contribution < 1.29 is 30.1 Å². The SMILES string of the molecule is O=[N+]([O-])c1ccc([C@]2(O)[C@H](O)O[C@H](CO)[C@H]2O)nc1. The predicted molar refractivity (Wildman–Crippen MR) is 58.8 cm³/mol. The Hall–Kier alpha value is -1.65. The lowest BCUT2D eigenvalue weighted by Gasteiger charge is -2.27. The summed E-state index contributed by atoms with van der Waals surface area (Å²) in [6, 6.07) is 2.18. The summed E-state index contributed by atoms with van der Waals surface area (Å²) in [6.45, 7) is -0.604. The molecule has 1 fully saturated rings. The number of hydrogen-bond donors (Lipinski definition) is 4. The van der Waals surface area contributed by atoms with Crippen molar-refractivity contribution in [3.05, 3.63) is 34.1 Å². The Morgan fingerprint density at radius 3 is 2.58 bits per heavy atom. The van der Waals surface area contributed by atoms with Crippen LogP contribution in [0.4, 0.5) is 5.69 Å². The van der Waals surface area contributed by atoms with Gasteiger partial charge in [-0.05, 0) is 6.07 Å². The van der Waals surface area contributed by atoms with Gasteiger partial charge in [-0.3, -0.25) is 15.1 Å². The fraction of sp³-hybridized carbons (Fsp3) is 0.500. The summed E-state index contributed by atoms with van der Waals surface area (Å²) >= 11 is 0. The quantitative estimate of drug-likeness (QED) is 0.374. The Morgan fingerprint density at radius 1 is 1.47 bits per heavy atom. The highest BCUT2D eigenvalue weighted by atomic mass is 16.7. The van der Waals surface area contributed by atoms with Crippen LogP contribution in [0, 0.1) is 10.1 Å². The first-order valence-electron chi connectivity index (χ1n) is 5.37. The van der Waals surface area contributed by atoms with Gasteiger partial charge in [0, 0.05) is 6.07 Å². The van der Waals surface area contributed by atoms with Crippen LogP contribution < -0.4 is 0 Å². The molecule has 0 bridgehead atoms. The van der Waals surface area contributed by atoms with Gasteiger partial charge >= 0.3 is 0 Å². The molecular formula is C10H12N2O7. The molecule has 0 amide bonds. The van der Waals surface area contributed by atoms with Crippen molar-refractivity contribution in [1.29, 1.82) is 0 Å². The zero-order valence-electron chi connectivity index (χ0n) is 9.58. The fourth-order valence-corrected chi connectivity index (χ4v) is 1.93. The van der Waals surface area contributed by atoms with Gasteiger partial charge in [0.15, 0.2) is 11.9 Å². The summed E-state index contributed by atoms with van der Waals surface area (Å²) < 4.78 is 4.80. The van der Waals surface area contributed by atoms with Crippen LogP contribution in [0.5, 0.6) is 0 Å². The first-order chi connectivity index (χ1) is 8.91. The fourth-order valence-electron chi connectivity index (χ4n) is 1.93. The van der Waals surface area contributed by atoms with Gasteiger partial charge in [-0.1, -0.05) is 0 Å². The Kier molecular flexibility index (Phi) is 3.47. The lowest BCUT2D eigenvalue weighted by Crippen LogP contribution is -2.46. The summed E-state index contributed by atoms with van der Waals surface area (Å²) in [6.07, 6.45) is -3.69. The maximum atomic E-state index is 10.5. The van der Waals surface area contributed by atoms with Crippen LogP contribution in [-0.2, 0) is 10.3 Å². The van der Waals surface area contributed by atoms with Gasteiger partial charge in [0.05, 0.1) is 17.2 Å². The number of rotatable bonds is 3. The lowest BCUT2D eigenvalue weighted by molar-refractivity contribution is -0.385. The van der Waals surface area contributed by atoms with Crippen LogP contribution in [0.15, 0.2) is 18.3 Å². The summed E-state index contributed by atoms with van der Waals surface area (Å²) in [4.78, 5) is 13.5. The molecule has 0 aromatic carbocycles. The van der Waals surface area contributed by atoms with E-state index in [1.165, 1.54) is 0 Å². The number of aliphatic hydroxyl groups excluding tert-OH is 3. The van der Waals surface area contributed by atoms with E-state index < -0.39 is 35.6 Å². The van der Waals surface area contributed by atoms with E-state index in [9.17, 15) is 25.4 Å². The van der Waals surface area contributed by atoms with Gasteiger partial charge in [0.1, 0.15) is 18.4 Å². The van der Waals surface area contributed by atoms with E-state index in [1.54, 1.807) is 0 Å². The van der Waals surface area contributed by atoms with Crippen LogP contribution in [0.25, 0.3) is 0 Å². The maximum absolute atomic E-state index is 10.5. The predicted octanol–water partition coefficient (Wildman–Crippen LogP) is -1.75. The Balaban J connectivity index is 2.36. The number of aromatic nitrogens is 1. The standard InChI is InChI=1S/C10H12N2O7/c13-4-6-8(14)10(16,9(15)19-6)7-2-1-5(3-11-7)12(17)18/h1-3,6,8-9,13-16H,4H2/t6-,8-,9-,10-/m1/s1. The first kappa shape index (κ1) is 13.8. The number of ether oxygens (including phenoxy) is 1. The van der Waals surface area contributed by atoms with Crippen molar-refractivity contribution in [3.8, 4) is 0 Å². The van der Waals surface area contributed by atoms with E-state index >= 15 is 0 Å². The van der Waals surface area contributed by atoms with Gasteiger partial charge in [0.25, 0.3) is 5.69 Å². The topological polar surface area (TPSA) is 146 Å². The van der Waals surface area contributed by atoms with Crippen LogP contribution in [0.3, 0.4) is 0 Å². The van der Waals surface area contributed by atoms with E-state index in [1.807, 2.05) is 0 Å². The molecule has 0 radical (unpaired) electrons. The highest BCUT2D eigenvalue weighted by molar-refractivity contribution is 5.30. The first-order valence-corrected chi connectivity index (χ1v) is 5.37. The molecule has 0 aliphatic carbocycles. The molecule has 4 N–H and O–H groups in total. The van der Waals surface area contributed by atoms with Crippen LogP contribution in [0.2, 0.25) is 0 Å². The number of pyridine rings is 1. The van der Waals surface area contributed by atoms with Crippen LogP contribution in [0.1, 0.15) is 5.69 Å². The average molecular weight is 272 g/mol. The molecule has 104 valence electrons. The number of nitro groups is 1. The molecule has 0 saturated carbocycles. The molecule has 1 aromatic rings. The average Bonchev–Trinajstić information content (AvgIpc) is 2.63. The second-order valence-corrected chi connectivity index (χ2v) is 4.14. The summed E-state index contributed by atoms with van der Waals surface area (Å²) in [5.41, 5.74) is -2.73. The van der Waals surface area contributed by atoms with Crippen molar-refractivity contribution in [3.63, 3.8) is 0 Å². The number of hydrogen-bond acceptors (Lipinski definition) is 8. The van der Waals surface area contributed by atoms with Gasteiger partial charge in [-0.15, -0.1) is 0 Å². The number of aliphatic hydroxyl groups is 4. The van der Waals surface area contributed by atoms with E-state index in [4.69, 9.17) is 9.84 Å². The molecule has 0 spiro atoms. The van der Waals surface area contributed by atoms with Gasteiger partial charge in [-0.2, -0.15) is 0 Å². The Morgan fingerprint density at radius 2 is 2.16 bits per heavy atom. The molecular weight excluding hydrogens is 260 g/mol. The molecule has 19 heavy (non-hydrogen) atoms. The third kappa shape index (κ3) is 2.07. The second-order valence-electron chi connectivity index (χ2n) is 4.14. The van der Waals surface area contributed by atoms with Crippen LogP contribution in [-0.4, -0.2) is 55.4 Å². The molecule has 2 heterocycles. The van der Waals surface area contributed by atoms with Gasteiger partial charge < -0.3 is 25.2 Å². The minimum atomic E-state index is -2.25. The molecule has 9 heteroatoms. The van der Waals surface area contributed by atoms with Crippen molar-refractivity contribution in [1.82, 2.24) is 4.98 Å². The second kappa shape index (κ2) is 4.79. The Bertz CT molecular complexity index is 479. The largest absolute Gasteiger partial charge is 0.394 e. The lowest BCUT2D eigenvalue weighted by atomic mass is 9.91. The third-order valence-electron chi connectivity index (χ3n) is 3.03. The maximum Gasteiger partial charge on any atom is 0.287 e. The highest BCUT2D eigenvalue weighted by Gasteiger charge is 2.56.